The van der Waals surface area contributed by atoms with Crippen molar-refractivity contribution < 1.29 is 13.9 Å². The molecule has 1 aliphatic heterocycles. The van der Waals surface area contributed by atoms with Gasteiger partial charge < -0.3 is 13.9 Å². The zero-order chi connectivity index (χ0) is 12.5. The largest absolute Gasteiger partial charge is 0.454 e. The first kappa shape index (κ1) is 11.6. The minimum absolute atomic E-state index is 0.215. The highest BCUT2D eigenvalue weighted by atomic mass is 79.9. The van der Waals surface area contributed by atoms with Crippen LogP contribution in [0.15, 0.2) is 27.4 Å². The predicted octanol–water partition coefficient (Wildman–Crippen LogP) is 2.85. The third-order valence-corrected chi connectivity index (χ3v) is 3.46. The lowest BCUT2D eigenvalue weighted by Gasteiger charge is -2.05. The van der Waals surface area contributed by atoms with Crippen molar-refractivity contribution in [1.82, 2.24) is 0 Å². The Morgan fingerprint density at radius 1 is 1.17 bits per heavy atom. The van der Waals surface area contributed by atoms with Crippen molar-refractivity contribution in [2.75, 3.05) is 12.1 Å². The van der Waals surface area contributed by atoms with Gasteiger partial charge in [-0.15, -0.1) is 0 Å². The molecule has 2 heterocycles. The summed E-state index contributed by atoms with van der Waals surface area (Å²) in [4.78, 5) is 11.5. The first-order valence-electron chi connectivity index (χ1n) is 5.70. The molecular formula is C13H11BrO4. The molecule has 0 saturated heterocycles. The second kappa shape index (κ2) is 4.65. The van der Waals surface area contributed by atoms with E-state index in [1.54, 1.807) is 12.1 Å². The van der Waals surface area contributed by atoms with Crippen molar-refractivity contribution in [2.45, 2.75) is 12.8 Å². The van der Waals surface area contributed by atoms with Crippen molar-refractivity contribution in [2.24, 2.45) is 0 Å². The van der Waals surface area contributed by atoms with Gasteiger partial charge in [0.2, 0.25) is 6.79 Å². The van der Waals surface area contributed by atoms with Crippen LogP contribution in [-0.2, 0) is 6.42 Å². The molecule has 4 nitrogen and oxygen atoms in total. The van der Waals surface area contributed by atoms with E-state index in [2.05, 4.69) is 15.9 Å². The van der Waals surface area contributed by atoms with Crippen LogP contribution < -0.4 is 15.1 Å². The highest BCUT2D eigenvalue weighted by Gasteiger charge is 2.17. The number of alkyl halides is 1. The van der Waals surface area contributed by atoms with Crippen LogP contribution in [0.4, 0.5) is 0 Å². The predicted molar refractivity (Wildman–Crippen MR) is 70.7 cm³/mol. The number of aryl methyl sites for hydroxylation is 1. The highest BCUT2D eigenvalue weighted by Crippen LogP contribution is 2.36. The maximum absolute atomic E-state index is 11.5. The fourth-order valence-corrected chi connectivity index (χ4v) is 2.36. The van der Waals surface area contributed by atoms with Crippen molar-refractivity contribution in [3.8, 4) is 11.5 Å². The number of rotatable bonds is 3. The lowest BCUT2D eigenvalue weighted by atomic mass is 10.1. The second-order valence-corrected chi connectivity index (χ2v) is 4.88. The van der Waals surface area contributed by atoms with E-state index in [0.29, 0.717) is 17.1 Å². The van der Waals surface area contributed by atoms with Crippen LogP contribution >= 0.6 is 15.9 Å². The van der Waals surface area contributed by atoms with Crippen molar-refractivity contribution >= 4 is 26.9 Å². The number of hydrogen-bond donors (Lipinski definition) is 0. The van der Waals surface area contributed by atoms with Crippen molar-refractivity contribution in [1.29, 1.82) is 0 Å². The summed E-state index contributed by atoms with van der Waals surface area (Å²) >= 11 is 3.39. The molecule has 3 rings (SSSR count). The molecule has 5 heteroatoms. The summed E-state index contributed by atoms with van der Waals surface area (Å²) in [5.74, 6) is 1.33. The molecule has 18 heavy (non-hydrogen) atoms. The Bertz CT molecular complexity index is 647. The van der Waals surface area contributed by atoms with Gasteiger partial charge in [0.15, 0.2) is 11.5 Å². The molecule has 1 aliphatic rings. The Labute approximate surface area is 112 Å². The molecule has 0 bridgehead atoms. The lowest BCUT2D eigenvalue weighted by molar-refractivity contribution is 0.174. The molecule has 2 aromatic rings. The molecule has 0 aliphatic carbocycles. The zero-order valence-electron chi connectivity index (χ0n) is 9.57. The molecule has 1 aromatic heterocycles. The van der Waals surface area contributed by atoms with Gasteiger partial charge in [0.1, 0.15) is 5.58 Å². The number of fused-ring (bicyclic) bond motifs is 2. The van der Waals surface area contributed by atoms with Gasteiger partial charge in [-0.2, -0.15) is 0 Å². The summed E-state index contributed by atoms with van der Waals surface area (Å²) in [6.07, 6.45) is 1.79. The zero-order valence-corrected chi connectivity index (χ0v) is 11.2. The molecule has 0 spiro atoms. The molecule has 0 fully saturated rings. The SMILES string of the molecule is O=c1cc(CCCBr)c2cc3c(cc2o1)OCO3. The van der Waals surface area contributed by atoms with Crippen LogP contribution in [0.25, 0.3) is 11.0 Å². The number of benzene rings is 1. The standard InChI is InChI=1S/C13H11BrO4/c14-3-1-2-8-4-13(15)18-10-6-12-11(5-9(8)10)16-7-17-12/h4-6H,1-3,7H2. The Balaban J connectivity index is 2.19. The molecule has 0 saturated carbocycles. The van der Waals surface area contributed by atoms with Crippen LogP contribution in [0.5, 0.6) is 11.5 Å². The van der Waals surface area contributed by atoms with E-state index in [9.17, 15) is 4.79 Å². The van der Waals surface area contributed by atoms with Gasteiger partial charge in [-0.05, 0) is 24.5 Å². The van der Waals surface area contributed by atoms with E-state index in [0.717, 1.165) is 29.1 Å². The van der Waals surface area contributed by atoms with E-state index in [1.165, 1.54) is 0 Å². The smallest absolute Gasteiger partial charge is 0.336 e. The first-order chi connectivity index (χ1) is 8.78. The summed E-state index contributed by atoms with van der Waals surface area (Å²) in [6.45, 7) is 0.215. The minimum atomic E-state index is -0.328. The third-order valence-electron chi connectivity index (χ3n) is 2.90. The van der Waals surface area contributed by atoms with E-state index in [-0.39, 0.29) is 12.4 Å². The average Bonchev–Trinajstić information content (AvgIpc) is 2.80. The summed E-state index contributed by atoms with van der Waals surface area (Å²) in [7, 11) is 0. The maximum atomic E-state index is 11.5. The van der Waals surface area contributed by atoms with Crippen LogP contribution in [0.3, 0.4) is 0 Å². The number of hydrogen-bond acceptors (Lipinski definition) is 4. The second-order valence-electron chi connectivity index (χ2n) is 4.08. The Morgan fingerprint density at radius 3 is 2.72 bits per heavy atom. The monoisotopic (exact) mass is 310 g/mol. The highest BCUT2D eigenvalue weighted by molar-refractivity contribution is 9.09. The maximum Gasteiger partial charge on any atom is 0.336 e. The van der Waals surface area contributed by atoms with Gasteiger partial charge in [-0.1, -0.05) is 15.9 Å². The fourth-order valence-electron chi connectivity index (χ4n) is 2.08. The number of ether oxygens (including phenoxy) is 2. The lowest BCUT2D eigenvalue weighted by Crippen LogP contribution is -2.01. The van der Waals surface area contributed by atoms with Crippen LogP contribution in [-0.4, -0.2) is 12.1 Å². The molecule has 1 aromatic carbocycles. The van der Waals surface area contributed by atoms with Gasteiger partial charge in [0, 0.05) is 22.8 Å². The van der Waals surface area contributed by atoms with E-state index in [4.69, 9.17) is 13.9 Å². The fraction of sp³-hybridized carbons (Fsp3) is 0.308. The van der Waals surface area contributed by atoms with Crippen LogP contribution in [0, 0.1) is 0 Å². The number of halogens is 1. The molecule has 0 unspecified atom stereocenters. The van der Waals surface area contributed by atoms with Crippen LogP contribution in [0.1, 0.15) is 12.0 Å². The minimum Gasteiger partial charge on any atom is -0.454 e. The molecular weight excluding hydrogens is 300 g/mol. The van der Waals surface area contributed by atoms with Crippen LogP contribution in [0.2, 0.25) is 0 Å². The molecule has 0 amide bonds. The van der Waals surface area contributed by atoms with Gasteiger partial charge >= 0.3 is 5.63 Å². The van der Waals surface area contributed by atoms with Gasteiger partial charge in [0.25, 0.3) is 0 Å². The van der Waals surface area contributed by atoms with E-state index < -0.39 is 0 Å². The molecule has 0 radical (unpaired) electrons. The topological polar surface area (TPSA) is 48.7 Å². The van der Waals surface area contributed by atoms with E-state index >= 15 is 0 Å². The first-order valence-corrected chi connectivity index (χ1v) is 6.82. The Kier molecular flexibility index (Phi) is 2.99. The summed E-state index contributed by atoms with van der Waals surface area (Å²) < 4.78 is 15.8. The summed E-state index contributed by atoms with van der Waals surface area (Å²) in [5, 5.41) is 1.82. The van der Waals surface area contributed by atoms with Gasteiger partial charge in [0.05, 0.1) is 0 Å². The van der Waals surface area contributed by atoms with Gasteiger partial charge in [-0.3, -0.25) is 0 Å². The molecule has 0 atom stereocenters. The van der Waals surface area contributed by atoms with Crippen molar-refractivity contribution in [3.63, 3.8) is 0 Å². The normalized spacial score (nSPS) is 13.2. The summed E-state index contributed by atoms with van der Waals surface area (Å²) in [5.41, 5.74) is 1.21. The van der Waals surface area contributed by atoms with Crippen molar-refractivity contribution in [3.05, 3.63) is 34.2 Å². The average molecular weight is 311 g/mol. The molecule has 94 valence electrons. The Morgan fingerprint density at radius 2 is 1.94 bits per heavy atom. The Hall–Kier alpha value is -1.49. The third kappa shape index (κ3) is 1.99. The van der Waals surface area contributed by atoms with Gasteiger partial charge in [-0.25, -0.2) is 4.79 Å². The van der Waals surface area contributed by atoms with E-state index in [1.807, 2.05) is 6.07 Å². The summed E-state index contributed by atoms with van der Waals surface area (Å²) in [6, 6.07) is 5.15. The quantitative estimate of drug-likeness (QED) is 0.646. The molecule has 0 N–H and O–H groups in total.